The molecule has 18 heavy (non-hydrogen) atoms. The highest BCUT2D eigenvalue weighted by Crippen LogP contribution is 2.16. The number of hydrogen-bond donors (Lipinski definition) is 2. The predicted octanol–water partition coefficient (Wildman–Crippen LogP) is 2.71. The van der Waals surface area contributed by atoms with E-state index in [2.05, 4.69) is 21.2 Å². The van der Waals surface area contributed by atoms with E-state index in [1.54, 1.807) is 11.8 Å². The Labute approximate surface area is 121 Å². The maximum absolute atomic E-state index is 11.8. The Morgan fingerprint density at radius 2 is 2.06 bits per heavy atom. The second-order valence-electron chi connectivity index (χ2n) is 4.17. The molecule has 0 saturated heterocycles. The van der Waals surface area contributed by atoms with Crippen LogP contribution in [0.2, 0.25) is 0 Å². The molecule has 1 rings (SSSR count). The van der Waals surface area contributed by atoms with Gasteiger partial charge in [-0.2, -0.15) is 11.8 Å². The first-order valence-corrected chi connectivity index (χ1v) is 8.03. The standard InChI is InChI=1S/C13H19BrN2OS/c1-9(10-3-5-11(14)6-4-10)16-13(17)12(15)7-8-18-2/h3-6,9,12H,7-8,15H2,1-2H3,(H,16,17)/t9-,12-/m1/s1. The van der Waals surface area contributed by atoms with Crippen molar-refractivity contribution in [2.45, 2.75) is 25.4 Å². The summed E-state index contributed by atoms with van der Waals surface area (Å²) in [5, 5.41) is 2.94. The van der Waals surface area contributed by atoms with Crippen molar-refractivity contribution in [1.29, 1.82) is 0 Å². The lowest BCUT2D eigenvalue weighted by molar-refractivity contribution is -0.123. The van der Waals surface area contributed by atoms with E-state index in [4.69, 9.17) is 5.73 Å². The number of carbonyl (C=O) groups excluding carboxylic acids is 1. The third-order valence-corrected chi connectivity index (χ3v) is 3.87. The molecule has 0 spiro atoms. The van der Waals surface area contributed by atoms with E-state index < -0.39 is 6.04 Å². The highest BCUT2D eigenvalue weighted by atomic mass is 79.9. The van der Waals surface area contributed by atoms with Gasteiger partial charge in [-0.25, -0.2) is 0 Å². The van der Waals surface area contributed by atoms with Crippen LogP contribution in [0.15, 0.2) is 28.7 Å². The van der Waals surface area contributed by atoms with Crippen molar-refractivity contribution in [1.82, 2.24) is 5.32 Å². The van der Waals surface area contributed by atoms with Gasteiger partial charge in [-0.15, -0.1) is 0 Å². The minimum atomic E-state index is -0.421. The first-order valence-electron chi connectivity index (χ1n) is 5.85. The minimum absolute atomic E-state index is 0.0223. The van der Waals surface area contributed by atoms with Crippen molar-refractivity contribution in [2.75, 3.05) is 12.0 Å². The molecule has 5 heteroatoms. The van der Waals surface area contributed by atoms with Gasteiger partial charge in [-0.05, 0) is 43.0 Å². The monoisotopic (exact) mass is 330 g/mol. The summed E-state index contributed by atoms with van der Waals surface area (Å²) in [5.74, 6) is 0.820. The number of benzene rings is 1. The van der Waals surface area contributed by atoms with E-state index in [9.17, 15) is 4.79 Å². The molecule has 0 aliphatic heterocycles. The van der Waals surface area contributed by atoms with Crippen LogP contribution in [0.25, 0.3) is 0 Å². The highest BCUT2D eigenvalue weighted by Gasteiger charge is 2.15. The maximum atomic E-state index is 11.8. The normalized spacial score (nSPS) is 14.0. The highest BCUT2D eigenvalue weighted by molar-refractivity contribution is 9.10. The van der Waals surface area contributed by atoms with Crippen LogP contribution in [0.1, 0.15) is 24.9 Å². The zero-order valence-electron chi connectivity index (χ0n) is 10.7. The van der Waals surface area contributed by atoms with Crippen LogP contribution in [0.4, 0.5) is 0 Å². The Hall–Kier alpha value is -0.520. The van der Waals surface area contributed by atoms with Crippen molar-refractivity contribution < 1.29 is 4.79 Å². The van der Waals surface area contributed by atoms with Crippen LogP contribution in [0, 0.1) is 0 Å². The third kappa shape index (κ3) is 5.00. The van der Waals surface area contributed by atoms with Crippen molar-refractivity contribution in [3.05, 3.63) is 34.3 Å². The number of nitrogens with one attached hydrogen (secondary N) is 1. The molecule has 2 atom stereocenters. The van der Waals surface area contributed by atoms with E-state index in [0.717, 1.165) is 15.8 Å². The zero-order valence-corrected chi connectivity index (χ0v) is 13.1. The van der Waals surface area contributed by atoms with Gasteiger partial charge < -0.3 is 11.1 Å². The molecule has 0 bridgehead atoms. The number of carbonyl (C=O) groups is 1. The Kier molecular flexibility index (Phi) is 6.75. The molecule has 0 heterocycles. The Morgan fingerprint density at radius 3 is 2.61 bits per heavy atom. The summed E-state index contributed by atoms with van der Waals surface area (Å²) in [6.45, 7) is 1.96. The second kappa shape index (κ2) is 7.81. The average molecular weight is 331 g/mol. The van der Waals surface area contributed by atoms with E-state index in [0.29, 0.717) is 6.42 Å². The molecule has 0 aliphatic rings. The second-order valence-corrected chi connectivity index (χ2v) is 6.07. The van der Waals surface area contributed by atoms with E-state index in [1.807, 2.05) is 37.4 Å². The number of nitrogens with two attached hydrogens (primary N) is 1. The molecule has 0 fully saturated rings. The SMILES string of the molecule is CSCC[C@@H](N)C(=O)N[C@H](C)c1ccc(Br)cc1. The van der Waals surface area contributed by atoms with E-state index in [1.165, 1.54) is 0 Å². The van der Waals surface area contributed by atoms with Crippen LogP contribution in [-0.4, -0.2) is 24.0 Å². The Bertz CT molecular complexity index is 383. The Balaban J connectivity index is 2.51. The van der Waals surface area contributed by atoms with E-state index >= 15 is 0 Å². The molecule has 1 aromatic rings. The van der Waals surface area contributed by atoms with Gasteiger partial charge in [0.05, 0.1) is 12.1 Å². The van der Waals surface area contributed by atoms with Gasteiger partial charge in [0.15, 0.2) is 0 Å². The van der Waals surface area contributed by atoms with Crippen LogP contribution < -0.4 is 11.1 Å². The van der Waals surface area contributed by atoms with Gasteiger partial charge in [0.2, 0.25) is 5.91 Å². The molecular weight excluding hydrogens is 312 g/mol. The first-order chi connectivity index (χ1) is 8.54. The summed E-state index contributed by atoms with van der Waals surface area (Å²) in [7, 11) is 0. The van der Waals surface area contributed by atoms with Gasteiger partial charge in [-0.1, -0.05) is 28.1 Å². The third-order valence-electron chi connectivity index (χ3n) is 2.70. The molecule has 3 nitrogen and oxygen atoms in total. The number of halogens is 1. The van der Waals surface area contributed by atoms with Crippen LogP contribution in [-0.2, 0) is 4.79 Å². The minimum Gasteiger partial charge on any atom is -0.348 e. The fourth-order valence-corrected chi connectivity index (χ4v) is 2.29. The molecule has 1 amide bonds. The quantitative estimate of drug-likeness (QED) is 0.843. The van der Waals surface area contributed by atoms with Gasteiger partial charge in [0.25, 0.3) is 0 Å². The first kappa shape index (κ1) is 15.5. The molecule has 0 saturated carbocycles. The zero-order chi connectivity index (χ0) is 13.5. The molecule has 0 aromatic heterocycles. The van der Waals surface area contributed by atoms with Crippen LogP contribution in [0.5, 0.6) is 0 Å². The van der Waals surface area contributed by atoms with Crippen LogP contribution in [0.3, 0.4) is 0 Å². The largest absolute Gasteiger partial charge is 0.348 e. The molecule has 0 aliphatic carbocycles. The lowest BCUT2D eigenvalue weighted by atomic mass is 10.1. The number of hydrogen-bond acceptors (Lipinski definition) is 3. The summed E-state index contributed by atoms with van der Waals surface area (Å²) < 4.78 is 1.03. The lowest BCUT2D eigenvalue weighted by Gasteiger charge is -2.17. The summed E-state index contributed by atoms with van der Waals surface area (Å²) in [6.07, 6.45) is 2.72. The predicted molar refractivity (Wildman–Crippen MR) is 81.7 cm³/mol. The van der Waals surface area contributed by atoms with Gasteiger partial charge in [-0.3, -0.25) is 4.79 Å². The van der Waals surface area contributed by atoms with Gasteiger partial charge in [0.1, 0.15) is 0 Å². The van der Waals surface area contributed by atoms with Crippen LogP contribution >= 0.6 is 27.7 Å². The fraction of sp³-hybridized carbons (Fsp3) is 0.462. The van der Waals surface area contributed by atoms with E-state index in [-0.39, 0.29) is 11.9 Å². The van der Waals surface area contributed by atoms with Crippen molar-refractivity contribution in [2.24, 2.45) is 5.73 Å². The summed E-state index contributed by atoms with van der Waals surface area (Å²) in [6, 6.07) is 7.46. The fourth-order valence-electron chi connectivity index (χ4n) is 1.53. The van der Waals surface area contributed by atoms with Crippen molar-refractivity contribution >= 4 is 33.6 Å². The molecule has 3 N–H and O–H groups in total. The average Bonchev–Trinajstić information content (AvgIpc) is 2.36. The van der Waals surface area contributed by atoms with Crippen molar-refractivity contribution in [3.63, 3.8) is 0 Å². The summed E-state index contributed by atoms with van der Waals surface area (Å²) >= 11 is 5.09. The molecular formula is C13H19BrN2OS. The number of rotatable bonds is 6. The molecule has 0 radical (unpaired) electrons. The lowest BCUT2D eigenvalue weighted by Crippen LogP contribution is -2.41. The molecule has 1 aromatic carbocycles. The van der Waals surface area contributed by atoms with Gasteiger partial charge >= 0.3 is 0 Å². The number of thioether (sulfide) groups is 1. The van der Waals surface area contributed by atoms with Crippen molar-refractivity contribution in [3.8, 4) is 0 Å². The molecule has 0 unspecified atom stereocenters. The smallest absolute Gasteiger partial charge is 0.237 e. The topological polar surface area (TPSA) is 55.1 Å². The Morgan fingerprint density at radius 1 is 1.44 bits per heavy atom. The van der Waals surface area contributed by atoms with Gasteiger partial charge in [0, 0.05) is 4.47 Å². The summed E-state index contributed by atoms with van der Waals surface area (Å²) in [4.78, 5) is 11.8. The molecule has 100 valence electrons. The maximum Gasteiger partial charge on any atom is 0.237 e. The number of amides is 1. The summed E-state index contributed by atoms with van der Waals surface area (Å²) in [5.41, 5.74) is 6.89.